The van der Waals surface area contributed by atoms with Gasteiger partial charge in [-0.2, -0.15) is 0 Å². The van der Waals surface area contributed by atoms with Crippen LogP contribution in [0.15, 0.2) is 17.5 Å². The van der Waals surface area contributed by atoms with Gasteiger partial charge in [-0.1, -0.05) is 12.5 Å². The molecule has 1 aromatic heterocycles. The predicted molar refractivity (Wildman–Crippen MR) is 91.1 cm³/mol. The van der Waals surface area contributed by atoms with Crippen LogP contribution >= 0.6 is 11.3 Å². The number of carbonyl (C=O) groups is 1. The van der Waals surface area contributed by atoms with Crippen molar-refractivity contribution in [2.75, 3.05) is 33.2 Å². The summed E-state index contributed by atoms with van der Waals surface area (Å²) in [4.78, 5) is 18.6. The topological polar surface area (TPSA) is 35.6 Å². The predicted octanol–water partition coefficient (Wildman–Crippen LogP) is 2.49. The molecule has 0 bridgehead atoms. The molecule has 0 saturated carbocycles. The van der Waals surface area contributed by atoms with E-state index in [1.807, 2.05) is 0 Å². The van der Waals surface area contributed by atoms with Gasteiger partial charge in [0, 0.05) is 11.4 Å². The highest BCUT2D eigenvalue weighted by Gasteiger charge is 2.28. The summed E-state index contributed by atoms with van der Waals surface area (Å²) in [5.74, 6) is 0.211. The SMILES string of the molecule is CN1CCCCC1C(=O)NCC(c1cccs1)N1CCCC1. The van der Waals surface area contributed by atoms with E-state index in [0.717, 1.165) is 32.6 Å². The van der Waals surface area contributed by atoms with Crippen LogP contribution in [0, 0.1) is 0 Å². The molecule has 122 valence electrons. The normalized spacial score (nSPS) is 25.2. The number of nitrogens with one attached hydrogen (secondary N) is 1. The molecule has 22 heavy (non-hydrogen) atoms. The highest BCUT2D eigenvalue weighted by Crippen LogP contribution is 2.28. The number of piperidine rings is 1. The molecule has 0 aromatic carbocycles. The van der Waals surface area contributed by atoms with E-state index in [0.29, 0.717) is 6.04 Å². The molecule has 2 atom stereocenters. The quantitative estimate of drug-likeness (QED) is 0.905. The molecule has 2 saturated heterocycles. The van der Waals surface area contributed by atoms with Gasteiger partial charge in [-0.05, 0) is 63.8 Å². The van der Waals surface area contributed by atoms with Crippen molar-refractivity contribution in [2.24, 2.45) is 0 Å². The van der Waals surface area contributed by atoms with E-state index in [1.54, 1.807) is 11.3 Å². The summed E-state index contributed by atoms with van der Waals surface area (Å²) in [6.45, 7) is 4.09. The van der Waals surface area contributed by atoms with E-state index in [4.69, 9.17) is 0 Å². The van der Waals surface area contributed by atoms with Crippen LogP contribution in [0.4, 0.5) is 0 Å². The summed E-state index contributed by atoms with van der Waals surface area (Å²) >= 11 is 1.80. The summed E-state index contributed by atoms with van der Waals surface area (Å²) in [6.07, 6.45) is 5.94. The molecule has 4 nitrogen and oxygen atoms in total. The molecule has 1 amide bonds. The van der Waals surface area contributed by atoms with E-state index in [2.05, 4.69) is 39.7 Å². The van der Waals surface area contributed by atoms with Crippen molar-refractivity contribution < 1.29 is 4.79 Å². The lowest BCUT2D eigenvalue weighted by Gasteiger charge is -2.32. The third-order valence-electron chi connectivity index (χ3n) is 5.00. The first kappa shape index (κ1) is 16.0. The molecule has 0 radical (unpaired) electrons. The second-order valence-corrected chi connectivity index (χ2v) is 7.49. The Morgan fingerprint density at radius 3 is 2.77 bits per heavy atom. The number of nitrogens with zero attached hydrogens (tertiary/aromatic N) is 2. The van der Waals surface area contributed by atoms with Gasteiger partial charge in [-0.15, -0.1) is 11.3 Å². The molecule has 1 aromatic rings. The Balaban J connectivity index is 1.60. The van der Waals surface area contributed by atoms with Crippen LogP contribution in [0.25, 0.3) is 0 Å². The second-order valence-electron chi connectivity index (χ2n) is 6.51. The Kier molecular flexibility index (Phi) is 5.50. The Labute approximate surface area is 137 Å². The molecule has 2 aliphatic heterocycles. The van der Waals surface area contributed by atoms with Crippen molar-refractivity contribution >= 4 is 17.2 Å². The maximum absolute atomic E-state index is 12.5. The number of hydrogen-bond acceptors (Lipinski definition) is 4. The Morgan fingerprint density at radius 2 is 2.09 bits per heavy atom. The lowest BCUT2D eigenvalue weighted by atomic mass is 10.0. The van der Waals surface area contributed by atoms with Crippen molar-refractivity contribution in [1.29, 1.82) is 0 Å². The number of thiophene rings is 1. The lowest BCUT2D eigenvalue weighted by Crippen LogP contribution is -2.49. The van der Waals surface area contributed by atoms with Gasteiger partial charge < -0.3 is 5.32 Å². The number of likely N-dealkylation sites (tertiary alicyclic amines) is 2. The zero-order chi connectivity index (χ0) is 15.4. The van der Waals surface area contributed by atoms with Crippen molar-refractivity contribution in [3.05, 3.63) is 22.4 Å². The molecule has 3 rings (SSSR count). The molecule has 0 spiro atoms. The third-order valence-corrected chi connectivity index (χ3v) is 5.97. The Bertz CT molecular complexity index is 470. The van der Waals surface area contributed by atoms with Crippen LogP contribution in [-0.4, -0.2) is 55.0 Å². The first-order valence-corrected chi connectivity index (χ1v) is 9.39. The molecule has 1 N–H and O–H groups in total. The molecular formula is C17H27N3OS. The van der Waals surface area contributed by atoms with Crippen LogP contribution in [-0.2, 0) is 4.79 Å². The molecule has 2 unspecified atom stereocenters. The fraction of sp³-hybridized carbons (Fsp3) is 0.706. The average molecular weight is 321 g/mol. The van der Waals surface area contributed by atoms with Crippen LogP contribution in [0.5, 0.6) is 0 Å². The molecule has 2 fully saturated rings. The van der Waals surface area contributed by atoms with Crippen molar-refractivity contribution in [1.82, 2.24) is 15.1 Å². The summed E-state index contributed by atoms with van der Waals surface area (Å²) in [6, 6.07) is 4.73. The zero-order valence-electron chi connectivity index (χ0n) is 13.5. The first-order valence-electron chi connectivity index (χ1n) is 8.51. The minimum Gasteiger partial charge on any atom is -0.353 e. The minimum atomic E-state index is 0.0660. The van der Waals surface area contributed by atoms with Gasteiger partial charge in [0.15, 0.2) is 0 Å². The largest absolute Gasteiger partial charge is 0.353 e. The smallest absolute Gasteiger partial charge is 0.237 e. The van der Waals surface area contributed by atoms with E-state index in [9.17, 15) is 4.79 Å². The first-order chi connectivity index (χ1) is 10.8. The summed E-state index contributed by atoms with van der Waals surface area (Å²) < 4.78 is 0. The average Bonchev–Trinajstić information content (AvgIpc) is 3.21. The second kappa shape index (κ2) is 7.57. The number of carbonyl (C=O) groups excluding carboxylic acids is 1. The van der Waals surface area contributed by atoms with Gasteiger partial charge in [-0.25, -0.2) is 0 Å². The highest BCUT2D eigenvalue weighted by molar-refractivity contribution is 7.10. The standard InChI is InChI=1S/C17H27N3OS/c1-19-9-3-2-7-14(19)17(21)18-13-15(16-8-6-12-22-16)20-10-4-5-11-20/h6,8,12,14-15H,2-5,7,9-11,13H2,1H3,(H,18,21). The minimum absolute atomic E-state index is 0.0660. The number of hydrogen-bond donors (Lipinski definition) is 1. The third kappa shape index (κ3) is 3.70. The highest BCUT2D eigenvalue weighted by atomic mass is 32.1. The van der Waals surface area contributed by atoms with Crippen molar-refractivity contribution in [3.63, 3.8) is 0 Å². The maximum atomic E-state index is 12.5. The van der Waals surface area contributed by atoms with Crippen LogP contribution in [0.2, 0.25) is 0 Å². The van der Waals surface area contributed by atoms with Gasteiger partial charge in [0.2, 0.25) is 5.91 Å². The lowest BCUT2D eigenvalue weighted by molar-refractivity contribution is -0.127. The van der Waals surface area contributed by atoms with Crippen molar-refractivity contribution in [3.8, 4) is 0 Å². The van der Waals surface area contributed by atoms with Gasteiger partial charge in [0.25, 0.3) is 0 Å². The number of rotatable bonds is 5. The molecule has 0 aliphatic carbocycles. The van der Waals surface area contributed by atoms with Gasteiger partial charge >= 0.3 is 0 Å². The Morgan fingerprint density at radius 1 is 1.32 bits per heavy atom. The van der Waals surface area contributed by atoms with E-state index in [-0.39, 0.29) is 11.9 Å². The summed E-state index contributed by atoms with van der Waals surface area (Å²) in [7, 11) is 2.07. The van der Waals surface area contributed by atoms with E-state index >= 15 is 0 Å². The van der Waals surface area contributed by atoms with Crippen LogP contribution in [0.3, 0.4) is 0 Å². The number of amides is 1. The number of likely N-dealkylation sites (N-methyl/N-ethyl adjacent to an activating group) is 1. The fourth-order valence-electron chi connectivity index (χ4n) is 3.67. The zero-order valence-corrected chi connectivity index (χ0v) is 14.3. The van der Waals surface area contributed by atoms with E-state index in [1.165, 1.54) is 30.6 Å². The van der Waals surface area contributed by atoms with E-state index < -0.39 is 0 Å². The summed E-state index contributed by atoms with van der Waals surface area (Å²) in [5, 5.41) is 5.37. The molecule has 3 heterocycles. The summed E-state index contributed by atoms with van der Waals surface area (Å²) in [5.41, 5.74) is 0. The fourth-order valence-corrected chi connectivity index (χ4v) is 4.53. The monoisotopic (exact) mass is 321 g/mol. The Hall–Kier alpha value is -0.910. The van der Waals surface area contributed by atoms with Gasteiger partial charge in [-0.3, -0.25) is 14.6 Å². The van der Waals surface area contributed by atoms with Crippen molar-refractivity contribution in [2.45, 2.75) is 44.2 Å². The van der Waals surface area contributed by atoms with Gasteiger partial charge in [0.05, 0.1) is 12.1 Å². The molecule has 2 aliphatic rings. The van der Waals surface area contributed by atoms with Crippen LogP contribution < -0.4 is 5.32 Å². The molecule has 5 heteroatoms. The molecular weight excluding hydrogens is 294 g/mol. The van der Waals surface area contributed by atoms with Gasteiger partial charge in [0.1, 0.15) is 0 Å². The van der Waals surface area contributed by atoms with Crippen LogP contribution in [0.1, 0.15) is 43.0 Å². The maximum Gasteiger partial charge on any atom is 0.237 e.